The lowest BCUT2D eigenvalue weighted by Crippen LogP contribution is -2.51. The van der Waals surface area contributed by atoms with E-state index >= 15 is 0 Å². The molecule has 1 rings (SSSR count). The Balaban J connectivity index is 2.36. The van der Waals surface area contributed by atoms with Crippen LogP contribution in [0.2, 0.25) is 0 Å². The molecule has 0 bridgehead atoms. The molecule has 120 valence electrons. The van der Waals surface area contributed by atoms with Gasteiger partial charge in [-0.25, -0.2) is 0 Å². The van der Waals surface area contributed by atoms with Crippen LogP contribution in [0.15, 0.2) is 0 Å². The van der Waals surface area contributed by atoms with Gasteiger partial charge in [-0.1, -0.05) is 6.92 Å². The van der Waals surface area contributed by atoms with Crippen molar-refractivity contribution < 1.29 is 5.11 Å². The van der Waals surface area contributed by atoms with Crippen LogP contribution in [0, 0.1) is 5.92 Å². The van der Waals surface area contributed by atoms with E-state index in [-0.39, 0.29) is 0 Å². The molecule has 3 atom stereocenters. The summed E-state index contributed by atoms with van der Waals surface area (Å²) in [7, 11) is 4.00. The van der Waals surface area contributed by atoms with Gasteiger partial charge < -0.3 is 20.2 Å². The average molecular weight is 285 g/mol. The zero-order valence-electron chi connectivity index (χ0n) is 14.2. The second-order valence-corrected chi connectivity index (χ2v) is 7.11. The van der Waals surface area contributed by atoms with Crippen LogP contribution in [0.4, 0.5) is 0 Å². The molecular formula is C16H35N3O. The maximum absolute atomic E-state index is 10.4. The molecule has 2 N–H and O–H groups in total. The molecule has 1 heterocycles. The van der Waals surface area contributed by atoms with E-state index in [0.717, 1.165) is 0 Å². The number of nitrogens with zero attached hydrogens (tertiary/aromatic N) is 2. The lowest BCUT2D eigenvalue weighted by molar-refractivity contribution is 0.0279. The van der Waals surface area contributed by atoms with E-state index in [1.165, 1.54) is 38.9 Å². The van der Waals surface area contributed by atoms with Crippen LogP contribution in [-0.4, -0.2) is 73.4 Å². The van der Waals surface area contributed by atoms with Crippen LogP contribution in [0.3, 0.4) is 0 Å². The number of likely N-dealkylation sites (tertiary alicyclic amines) is 1. The molecule has 4 nitrogen and oxygen atoms in total. The fourth-order valence-corrected chi connectivity index (χ4v) is 3.30. The van der Waals surface area contributed by atoms with Gasteiger partial charge in [0.2, 0.25) is 0 Å². The summed E-state index contributed by atoms with van der Waals surface area (Å²) in [6, 6.07) is 0.475. The van der Waals surface area contributed by atoms with Crippen molar-refractivity contribution in [3.63, 3.8) is 0 Å². The van der Waals surface area contributed by atoms with E-state index < -0.39 is 5.60 Å². The van der Waals surface area contributed by atoms with Gasteiger partial charge in [-0.3, -0.25) is 0 Å². The second-order valence-electron chi connectivity index (χ2n) is 7.11. The lowest BCUT2D eigenvalue weighted by Gasteiger charge is -2.37. The maximum Gasteiger partial charge on any atom is 0.0869 e. The molecule has 0 aromatic carbocycles. The van der Waals surface area contributed by atoms with Gasteiger partial charge in [-0.15, -0.1) is 0 Å². The van der Waals surface area contributed by atoms with E-state index in [1.807, 2.05) is 25.9 Å². The zero-order valence-corrected chi connectivity index (χ0v) is 14.2. The van der Waals surface area contributed by atoms with E-state index in [2.05, 4.69) is 24.1 Å². The predicted molar refractivity (Wildman–Crippen MR) is 86.1 cm³/mol. The molecule has 0 aliphatic carbocycles. The standard InChI is InChI=1S/C16H35N3O/c1-6-9-19-10-7-8-15(11-19)14(2)17-12-16(3,20)13-18(4)5/h14-15,17,20H,6-13H2,1-5H3. The number of nitrogens with one attached hydrogen (secondary N) is 1. The van der Waals surface area contributed by atoms with Crippen molar-refractivity contribution in [3.05, 3.63) is 0 Å². The zero-order chi connectivity index (χ0) is 15.2. The van der Waals surface area contributed by atoms with Gasteiger partial charge in [0.05, 0.1) is 5.60 Å². The van der Waals surface area contributed by atoms with Crippen LogP contribution < -0.4 is 5.32 Å². The molecule has 3 unspecified atom stereocenters. The minimum Gasteiger partial charge on any atom is -0.388 e. The van der Waals surface area contributed by atoms with E-state index in [9.17, 15) is 5.11 Å². The maximum atomic E-state index is 10.4. The summed E-state index contributed by atoms with van der Waals surface area (Å²) in [5.74, 6) is 0.713. The minimum atomic E-state index is -0.657. The molecule has 1 fully saturated rings. The molecule has 0 saturated carbocycles. The van der Waals surface area contributed by atoms with Crippen molar-refractivity contribution in [1.29, 1.82) is 0 Å². The highest BCUT2D eigenvalue weighted by Gasteiger charge is 2.27. The Bertz CT molecular complexity index is 266. The molecule has 0 amide bonds. The summed E-state index contributed by atoms with van der Waals surface area (Å²) >= 11 is 0. The summed E-state index contributed by atoms with van der Waals surface area (Å²) in [5.41, 5.74) is -0.657. The Morgan fingerprint density at radius 1 is 1.45 bits per heavy atom. The largest absolute Gasteiger partial charge is 0.388 e. The molecular weight excluding hydrogens is 250 g/mol. The van der Waals surface area contributed by atoms with Crippen molar-refractivity contribution >= 4 is 0 Å². The normalized spacial score (nSPS) is 25.6. The highest BCUT2D eigenvalue weighted by Crippen LogP contribution is 2.20. The number of piperidine rings is 1. The molecule has 1 aliphatic heterocycles. The molecule has 0 aromatic rings. The third-order valence-corrected chi connectivity index (χ3v) is 4.25. The van der Waals surface area contributed by atoms with E-state index in [1.54, 1.807) is 0 Å². The number of aliphatic hydroxyl groups is 1. The number of likely N-dealkylation sites (N-methyl/N-ethyl adjacent to an activating group) is 1. The van der Waals surface area contributed by atoms with Gasteiger partial charge in [0.25, 0.3) is 0 Å². The van der Waals surface area contributed by atoms with Crippen molar-refractivity contribution in [3.8, 4) is 0 Å². The van der Waals surface area contributed by atoms with Crippen molar-refractivity contribution in [2.75, 3.05) is 46.8 Å². The Kier molecular flexibility index (Phi) is 7.45. The van der Waals surface area contributed by atoms with Crippen molar-refractivity contribution in [2.24, 2.45) is 5.92 Å². The van der Waals surface area contributed by atoms with Crippen molar-refractivity contribution in [2.45, 2.75) is 51.7 Å². The summed E-state index contributed by atoms with van der Waals surface area (Å²) in [5, 5.41) is 13.9. The Morgan fingerprint density at radius 2 is 2.15 bits per heavy atom. The highest BCUT2D eigenvalue weighted by molar-refractivity contribution is 4.84. The first kappa shape index (κ1) is 17.9. The molecule has 0 aromatic heterocycles. The first-order valence-electron chi connectivity index (χ1n) is 8.17. The summed E-state index contributed by atoms with van der Waals surface area (Å²) in [6.45, 7) is 11.5. The summed E-state index contributed by atoms with van der Waals surface area (Å²) < 4.78 is 0. The number of rotatable bonds is 8. The third-order valence-electron chi connectivity index (χ3n) is 4.25. The van der Waals surface area contributed by atoms with Gasteiger partial charge >= 0.3 is 0 Å². The summed E-state index contributed by atoms with van der Waals surface area (Å²) in [6.07, 6.45) is 3.86. The molecule has 1 saturated heterocycles. The predicted octanol–water partition coefficient (Wildman–Crippen LogP) is 1.40. The molecule has 1 aliphatic rings. The number of hydrogen-bond acceptors (Lipinski definition) is 4. The molecule has 0 radical (unpaired) electrons. The van der Waals surface area contributed by atoms with E-state index in [4.69, 9.17) is 0 Å². The third kappa shape index (κ3) is 6.53. The first-order valence-corrected chi connectivity index (χ1v) is 8.17. The Labute approximate surface area is 125 Å². The average Bonchev–Trinajstić information content (AvgIpc) is 2.35. The molecule has 0 spiro atoms. The SMILES string of the molecule is CCCN1CCCC(C(C)NCC(C)(O)CN(C)C)C1. The van der Waals surface area contributed by atoms with Crippen molar-refractivity contribution in [1.82, 2.24) is 15.1 Å². The van der Waals surface area contributed by atoms with Crippen LogP contribution >= 0.6 is 0 Å². The second kappa shape index (κ2) is 8.32. The quantitative estimate of drug-likeness (QED) is 0.707. The van der Waals surface area contributed by atoms with Gasteiger partial charge in [-0.2, -0.15) is 0 Å². The fourth-order valence-electron chi connectivity index (χ4n) is 3.30. The Morgan fingerprint density at radius 3 is 2.75 bits per heavy atom. The monoisotopic (exact) mass is 285 g/mol. The van der Waals surface area contributed by atoms with Crippen LogP contribution in [0.25, 0.3) is 0 Å². The topological polar surface area (TPSA) is 38.7 Å². The fraction of sp³-hybridized carbons (Fsp3) is 1.00. The van der Waals surface area contributed by atoms with E-state index in [0.29, 0.717) is 25.0 Å². The number of hydrogen-bond donors (Lipinski definition) is 2. The van der Waals surface area contributed by atoms with Gasteiger partial charge in [0.15, 0.2) is 0 Å². The van der Waals surface area contributed by atoms with Crippen LogP contribution in [-0.2, 0) is 0 Å². The van der Waals surface area contributed by atoms with Crippen LogP contribution in [0.1, 0.15) is 40.0 Å². The lowest BCUT2D eigenvalue weighted by atomic mass is 9.91. The van der Waals surface area contributed by atoms with Crippen LogP contribution in [0.5, 0.6) is 0 Å². The van der Waals surface area contributed by atoms with Gasteiger partial charge in [0, 0.05) is 25.7 Å². The van der Waals surface area contributed by atoms with Gasteiger partial charge in [0.1, 0.15) is 0 Å². The molecule has 4 heteroatoms. The highest BCUT2D eigenvalue weighted by atomic mass is 16.3. The van der Waals surface area contributed by atoms with Gasteiger partial charge in [-0.05, 0) is 66.2 Å². The molecule has 20 heavy (non-hydrogen) atoms. The Hall–Kier alpha value is -0.160. The smallest absolute Gasteiger partial charge is 0.0869 e. The first-order chi connectivity index (χ1) is 9.34. The summed E-state index contributed by atoms with van der Waals surface area (Å²) in [4.78, 5) is 4.63. The minimum absolute atomic E-state index is 0.475.